The molecule has 0 bridgehead atoms. The van der Waals surface area contributed by atoms with Gasteiger partial charge in [0.25, 0.3) is 11.4 Å². The van der Waals surface area contributed by atoms with Crippen LogP contribution in [-0.2, 0) is 58.2 Å². The van der Waals surface area contributed by atoms with Crippen molar-refractivity contribution in [3.05, 3.63) is 199 Å². The molecule has 0 saturated carbocycles. The number of hydrogen-bond acceptors (Lipinski definition) is 10. The maximum absolute atomic E-state index is 11.6. The molecule has 0 unspecified atom stereocenters. The number of benzene rings is 6. The summed E-state index contributed by atoms with van der Waals surface area (Å²) in [5.41, 5.74) is 21.9. The van der Waals surface area contributed by atoms with Gasteiger partial charge in [0.15, 0.2) is 19.7 Å². The summed E-state index contributed by atoms with van der Waals surface area (Å²) in [4.78, 5) is 21.2. The van der Waals surface area contributed by atoms with Gasteiger partial charge in [-0.2, -0.15) is 0 Å². The predicted molar refractivity (Wildman–Crippen MR) is 351 cm³/mol. The molecule has 0 aliphatic heterocycles. The number of nitro groups is 2. The van der Waals surface area contributed by atoms with E-state index >= 15 is 0 Å². The highest BCUT2D eigenvalue weighted by molar-refractivity contribution is 7.91. The van der Waals surface area contributed by atoms with Crippen molar-refractivity contribution in [1.82, 2.24) is 0 Å². The summed E-state index contributed by atoms with van der Waals surface area (Å²) < 4.78 is 45.7. The van der Waals surface area contributed by atoms with Crippen molar-refractivity contribution in [2.75, 3.05) is 23.5 Å². The Morgan fingerprint density at radius 2 is 0.687 bits per heavy atom. The molecule has 0 atom stereocenters. The van der Waals surface area contributed by atoms with Crippen LogP contribution in [0.1, 0.15) is 165 Å². The Labute approximate surface area is 501 Å². The molecular weight excluding hydrogens is 1080 g/mol. The molecule has 0 aliphatic carbocycles. The van der Waals surface area contributed by atoms with Crippen molar-refractivity contribution in [3.8, 4) is 0 Å². The molecule has 6 aromatic carbocycles. The molecule has 14 heteroatoms. The fourth-order valence-corrected chi connectivity index (χ4v) is 9.85. The summed E-state index contributed by atoms with van der Waals surface area (Å²) in [6, 6.07) is 44.2. The number of hydrogen-bond donors (Lipinski definition) is 2. The molecule has 0 heterocycles. The maximum Gasteiger partial charge on any atom is 0.272 e. The molecule has 6 rings (SSSR count). The normalized spacial score (nSPS) is 12.0. The SMILES string of the molecule is CC(C)(C)Cc1ccc(N)cc1.CC(C)(C)Cc1ccc(S(C)(=O)=O)cc1.CC(C)(C)Cc1ccc([N+](=O)[O-])cc1.CC(C)(C)Cc1ccccc1N.CC(C)(C)Cc1ccccc1[N+](=O)[O-].CCS(=O)(=O)c1ccc(CC(C)(C)C)cc1. The van der Waals surface area contributed by atoms with Crippen LogP contribution in [0, 0.1) is 52.7 Å². The van der Waals surface area contributed by atoms with Gasteiger partial charge in [0.05, 0.1) is 25.4 Å². The van der Waals surface area contributed by atoms with Gasteiger partial charge in [-0.15, -0.1) is 0 Å². The largest absolute Gasteiger partial charge is 0.399 e. The lowest BCUT2D eigenvalue weighted by atomic mass is 9.87. The van der Waals surface area contributed by atoms with Gasteiger partial charge in [0.1, 0.15) is 0 Å². The molecular formula is C69H102N4O8S2. The van der Waals surface area contributed by atoms with E-state index in [9.17, 15) is 37.1 Å². The molecule has 6 aromatic rings. The number of para-hydroxylation sites is 2. The number of anilines is 2. The second kappa shape index (κ2) is 32.0. The summed E-state index contributed by atoms with van der Waals surface area (Å²) in [5, 5.41) is 21.1. The van der Waals surface area contributed by atoms with Gasteiger partial charge in [-0.3, -0.25) is 20.2 Å². The van der Waals surface area contributed by atoms with Crippen molar-refractivity contribution in [2.45, 2.75) is 180 Å². The van der Waals surface area contributed by atoms with E-state index in [1.54, 1.807) is 55.5 Å². The molecule has 4 N–H and O–H groups in total. The number of non-ortho nitro benzene ring substituents is 1. The van der Waals surface area contributed by atoms with Crippen molar-refractivity contribution < 1.29 is 26.7 Å². The molecule has 0 spiro atoms. The number of rotatable bonds is 11. The highest BCUT2D eigenvalue weighted by atomic mass is 32.2. The summed E-state index contributed by atoms with van der Waals surface area (Å²) in [6.07, 6.45) is 6.95. The third-order valence-corrected chi connectivity index (χ3v) is 14.6. The fourth-order valence-electron chi connectivity index (χ4n) is 8.33. The second-order valence-corrected chi connectivity index (χ2v) is 32.9. The highest BCUT2D eigenvalue weighted by Gasteiger charge is 2.20. The molecule has 0 amide bonds. The lowest BCUT2D eigenvalue weighted by Gasteiger charge is -2.19. The Morgan fingerprint density at radius 1 is 0.386 bits per heavy atom. The third-order valence-electron chi connectivity index (χ3n) is 11.8. The lowest BCUT2D eigenvalue weighted by Crippen LogP contribution is -2.10. The maximum atomic E-state index is 11.6. The van der Waals surface area contributed by atoms with Gasteiger partial charge < -0.3 is 11.5 Å². The lowest BCUT2D eigenvalue weighted by molar-refractivity contribution is -0.385. The quantitative estimate of drug-likeness (QED) is 0.0713. The number of nitro benzene ring substituents is 2. The Bertz CT molecular complexity index is 3130. The summed E-state index contributed by atoms with van der Waals surface area (Å²) in [7, 11) is -6.12. The van der Waals surface area contributed by atoms with Crippen LogP contribution < -0.4 is 11.5 Å². The molecule has 0 radical (unpaired) electrons. The van der Waals surface area contributed by atoms with E-state index < -0.39 is 19.7 Å². The van der Waals surface area contributed by atoms with Gasteiger partial charge in [-0.25, -0.2) is 16.8 Å². The second-order valence-electron chi connectivity index (χ2n) is 28.6. The minimum atomic E-state index is -3.06. The predicted octanol–water partition coefficient (Wildman–Crippen LogP) is 17.8. The fraction of sp³-hybridized carbons (Fsp3) is 0.478. The first-order chi connectivity index (χ1) is 37.7. The van der Waals surface area contributed by atoms with Crippen molar-refractivity contribution in [1.29, 1.82) is 0 Å². The zero-order valence-electron chi connectivity index (χ0n) is 53.9. The van der Waals surface area contributed by atoms with Crippen LogP contribution >= 0.6 is 0 Å². The molecule has 458 valence electrons. The number of nitrogens with zero attached hydrogens (tertiary/aromatic N) is 2. The van der Waals surface area contributed by atoms with Crippen molar-refractivity contribution in [3.63, 3.8) is 0 Å². The van der Waals surface area contributed by atoms with E-state index in [4.69, 9.17) is 11.5 Å². The number of nitrogen functional groups attached to an aromatic ring is 2. The van der Waals surface area contributed by atoms with Crippen LogP contribution in [0.15, 0.2) is 155 Å². The Balaban J connectivity index is 0.000000499. The molecule has 0 fully saturated rings. The Kier molecular flexibility index (Phi) is 28.8. The topological polar surface area (TPSA) is 207 Å². The summed E-state index contributed by atoms with van der Waals surface area (Å²) in [6.45, 7) is 40.7. The zero-order chi connectivity index (χ0) is 64.0. The Hall–Kier alpha value is -6.38. The van der Waals surface area contributed by atoms with Gasteiger partial charge in [-0.1, -0.05) is 216 Å². The molecule has 0 aliphatic rings. The van der Waals surface area contributed by atoms with Crippen LogP contribution in [0.3, 0.4) is 0 Å². The van der Waals surface area contributed by atoms with E-state index in [1.165, 1.54) is 28.5 Å². The monoisotopic (exact) mass is 1180 g/mol. The minimum Gasteiger partial charge on any atom is -0.399 e. The van der Waals surface area contributed by atoms with Crippen molar-refractivity contribution >= 4 is 42.4 Å². The third kappa shape index (κ3) is 34.7. The average molecular weight is 1180 g/mol. The van der Waals surface area contributed by atoms with Gasteiger partial charge >= 0.3 is 0 Å². The smallest absolute Gasteiger partial charge is 0.272 e. The number of nitrogens with two attached hydrogens (primary N) is 2. The summed E-state index contributed by atoms with van der Waals surface area (Å²) in [5.74, 6) is 0.158. The molecule has 83 heavy (non-hydrogen) atoms. The van der Waals surface area contributed by atoms with E-state index in [0.717, 1.165) is 61.0 Å². The van der Waals surface area contributed by atoms with Gasteiger partial charge in [0.2, 0.25) is 0 Å². The first-order valence-electron chi connectivity index (χ1n) is 28.4. The van der Waals surface area contributed by atoms with Crippen molar-refractivity contribution in [2.24, 2.45) is 32.5 Å². The first kappa shape index (κ1) is 74.6. The highest BCUT2D eigenvalue weighted by Crippen LogP contribution is 2.29. The Morgan fingerprint density at radius 3 is 1.00 bits per heavy atom. The van der Waals surface area contributed by atoms with E-state index in [2.05, 4.69) is 143 Å². The first-order valence-corrected chi connectivity index (χ1v) is 32.0. The summed E-state index contributed by atoms with van der Waals surface area (Å²) >= 11 is 0. The standard InChI is InChI=1S/C13H20O2S.C12H18O2S.2C11H15NO2.2C11H17N/c1-5-16(14,15)12-8-6-11(7-9-12)10-13(2,3)4;1-12(2,3)9-10-5-7-11(8-6-10)15(4,13)14;1-11(2,3)8-9-4-6-10(7-5-9)12(13)14;1-11(2,3)8-9-6-4-5-7-10(9)12(13)14;1-11(2,3)8-9-4-6-10(12)7-5-9;1-11(2,3)8-9-6-4-5-7-10(9)12/h6-9H,5,10H2,1-4H3;5-8H,9H2,1-4H3;2*4-7H,8H2,1-3H3;2*4-7H,8,12H2,1-3H3. The molecule has 0 aromatic heterocycles. The zero-order valence-corrected chi connectivity index (χ0v) is 55.6. The van der Waals surface area contributed by atoms with Gasteiger partial charge in [0, 0.05) is 41.4 Å². The van der Waals surface area contributed by atoms with Crippen LogP contribution in [0.2, 0.25) is 0 Å². The van der Waals surface area contributed by atoms with Crippen LogP contribution in [0.25, 0.3) is 0 Å². The molecule has 12 nitrogen and oxygen atoms in total. The van der Waals surface area contributed by atoms with Crippen LogP contribution in [0.5, 0.6) is 0 Å². The minimum absolute atomic E-state index is 0.0755. The van der Waals surface area contributed by atoms with E-state index in [0.29, 0.717) is 20.6 Å². The number of sulfone groups is 2. The van der Waals surface area contributed by atoms with E-state index in [-0.39, 0.29) is 48.6 Å². The van der Waals surface area contributed by atoms with E-state index in [1.807, 2.05) is 78.9 Å². The van der Waals surface area contributed by atoms with Crippen LogP contribution in [-0.4, -0.2) is 38.7 Å². The van der Waals surface area contributed by atoms with Gasteiger partial charge in [-0.05, 0) is 141 Å². The average Bonchev–Trinajstić information content (AvgIpc) is 3.32. The van der Waals surface area contributed by atoms with Crippen LogP contribution in [0.4, 0.5) is 22.7 Å². The molecule has 0 saturated heterocycles.